The van der Waals surface area contributed by atoms with Gasteiger partial charge in [0.2, 0.25) is 0 Å². The lowest BCUT2D eigenvalue weighted by atomic mass is 10.0. The van der Waals surface area contributed by atoms with Gasteiger partial charge < -0.3 is 15.2 Å². The average Bonchev–Trinajstić information content (AvgIpc) is 3.11. The number of nitrogens with zero attached hydrogens (tertiary/aromatic N) is 1. The minimum atomic E-state index is 0.285. The summed E-state index contributed by atoms with van der Waals surface area (Å²) in [6, 6.07) is 5.27. The van der Waals surface area contributed by atoms with E-state index in [1.807, 2.05) is 0 Å². The molecule has 0 spiro atoms. The molecule has 3 aliphatic rings. The van der Waals surface area contributed by atoms with Crippen molar-refractivity contribution in [3.63, 3.8) is 0 Å². The van der Waals surface area contributed by atoms with E-state index in [4.69, 9.17) is 15.2 Å². The van der Waals surface area contributed by atoms with Crippen LogP contribution in [0.2, 0.25) is 0 Å². The summed E-state index contributed by atoms with van der Waals surface area (Å²) in [6.45, 7) is 3.07. The zero-order valence-corrected chi connectivity index (χ0v) is 13.6. The van der Waals surface area contributed by atoms with E-state index in [0.717, 1.165) is 27.9 Å². The molecule has 5 heteroatoms. The second kappa shape index (κ2) is 5.45. The van der Waals surface area contributed by atoms with Crippen LogP contribution in [0.3, 0.4) is 0 Å². The van der Waals surface area contributed by atoms with Gasteiger partial charge in [-0.15, -0.1) is 0 Å². The van der Waals surface area contributed by atoms with Crippen LogP contribution in [0.15, 0.2) is 16.6 Å². The van der Waals surface area contributed by atoms with Crippen molar-refractivity contribution >= 4 is 15.9 Å². The summed E-state index contributed by atoms with van der Waals surface area (Å²) in [7, 11) is 0. The molecule has 3 atom stereocenters. The summed E-state index contributed by atoms with van der Waals surface area (Å²) in [4.78, 5) is 2.60. The first-order valence-electron chi connectivity index (χ1n) is 7.81. The molecule has 0 radical (unpaired) electrons. The highest BCUT2D eigenvalue weighted by atomic mass is 79.9. The van der Waals surface area contributed by atoms with Crippen molar-refractivity contribution in [3.8, 4) is 11.5 Å². The van der Waals surface area contributed by atoms with Gasteiger partial charge in [-0.2, -0.15) is 0 Å². The zero-order valence-electron chi connectivity index (χ0n) is 12.1. The molecule has 21 heavy (non-hydrogen) atoms. The van der Waals surface area contributed by atoms with Crippen LogP contribution >= 0.6 is 15.9 Å². The Labute approximate surface area is 133 Å². The monoisotopic (exact) mass is 352 g/mol. The molecule has 2 bridgehead atoms. The molecular formula is C16H21BrN2O2. The summed E-state index contributed by atoms with van der Waals surface area (Å²) in [5, 5.41) is 0. The average molecular weight is 353 g/mol. The highest BCUT2D eigenvalue weighted by Gasteiger charge is 2.41. The number of rotatable bonds is 3. The molecule has 1 saturated carbocycles. The number of ether oxygens (including phenoxy) is 2. The number of nitrogens with two attached hydrogens (primary N) is 1. The lowest BCUT2D eigenvalue weighted by Gasteiger charge is -2.35. The maximum absolute atomic E-state index is 6.11. The van der Waals surface area contributed by atoms with E-state index < -0.39 is 0 Å². The third-order valence-electron chi connectivity index (χ3n) is 5.08. The summed E-state index contributed by atoms with van der Waals surface area (Å²) < 4.78 is 12.4. The molecule has 3 unspecified atom stereocenters. The van der Waals surface area contributed by atoms with Crippen LogP contribution in [0.1, 0.15) is 30.9 Å². The van der Waals surface area contributed by atoms with Crippen LogP contribution in [-0.4, -0.2) is 37.2 Å². The quantitative estimate of drug-likeness (QED) is 0.908. The van der Waals surface area contributed by atoms with E-state index in [1.165, 1.54) is 31.4 Å². The van der Waals surface area contributed by atoms with E-state index in [2.05, 4.69) is 33.0 Å². The Kier molecular flexibility index (Phi) is 3.59. The van der Waals surface area contributed by atoms with Crippen molar-refractivity contribution in [1.82, 2.24) is 4.90 Å². The first-order chi connectivity index (χ1) is 10.3. The molecule has 4 nitrogen and oxygen atoms in total. The highest BCUT2D eigenvalue weighted by molar-refractivity contribution is 9.10. The van der Waals surface area contributed by atoms with Gasteiger partial charge in [-0.05, 0) is 58.8 Å². The molecular weight excluding hydrogens is 332 g/mol. The smallest absolute Gasteiger partial charge is 0.175 e. The molecule has 4 rings (SSSR count). The first-order valence-corrected chi connectivity index (χ1v) is 8.60. The van der Waals surface area contributed by atoms with E-state index in [1.54, 1.807) is 0 Å². The Bertz CT molecular complexity index is 551. The van der Waals surface area contributed by atoms with E-state index in [-0.39, 0.29) is 6.04 Å². The predicted molar refractivity (Wildman–Crippen MR) is 84.8 cm³/mol. The van der Waals surface area contributed by atoms with Gasteiger partial charge >= 0.3 is 0 Å². The van der Waals surface area contributed by atoms with Gasteiger partial charge in [0.15, 0.2) is 11.5 Å². The Morgan fingerprint density at radius 2 is 2.14 bits per heavy atom. The molecule has 1 aliphatic carbocycles. The Morgan fingerprint density at radius 3 is 2.86 bits per heavy atom. The Hall–Kier alpha value is -0.780. The lowest BCUT2D eigenvalue weighted by molar-refractivity contribution is 0.150. The predicted octanol–water partition coefficient (Wildman–Crippen LogP) is 2.70. The summed E-state index contributed by atoms with van der Waals surface area (Å²) in [5.74, 6) is 2.54. The van der Waals surface area contributed by atoms with Crippen molar-refractivity contribution in [3.05, 3.63) is 22.2 Å². The lowest BCUT2D eigenvalue weighted by Crippen LogP contribution is -2.39. The molecule has 1 aromatic rings. The first kappa shape index (κ1) is 13.9. The minimum absolute atomic E-state index is 0.285. The maximum atomic E-state index is 6.11. The fourth-order valence-electron chi connectivity index (χ4n) is 4.13. The van der Waals surface area contributed by atoms with Gasteiger partial charge in [0, 0.05) is 25.2 Å². The standard InChI is InChI=1S/C16H21BrN2O2/c17-13-6-11(7-15-16(13)21-4-3-20-15)14(8-18)19-9-10-1-2-12(19)5-10/h6-7,10,12,14H,1-5,8-9,18H2. The van der Waals surface area contributed by atoms with Gasteiger partial charge in [-0.3, -0.25) is 4.90 Å². The number of piperidine rings is 1. The van der Waals surface area contributed by atoms with Crippen LogP contribution in [0.5, 0.6) is 11.5 Å². The number of benzene rings is 1. The second-order valence-corrected chi connectivity index (χ2v) is 7.16. The molecule has 114 valence electrons. The molecule has 2 heterocycles. The van der Waals surface area contributed by atoms with Crippen LogP contribution in [0, 0.1) is 5.92 Å². The minimum Gasteiger partial charge on any atom is -0.486 e. The second-order valence-electron chi connectivity index (χ2n) is 6.31. The maximum Gasteiger partial charge on any atom is 0.175 e. The molecule has 1 saturated heterocycles. The van der Waals surface area contributed by atoms with Crippen LogP contribution in [0.4, 0.5) is 0 Å². The number of halogens is 1. The van der Waals surface area contributed by atoms with Crippen molar-refractivity contribution in [2.75, 3.05) is 26.3 Å². The van der Waals surface area contributed by atoms with Gasteiger partial charge in [0.25, 0.3) is 0 Å². The van der Waals surface area contributed by atoms with Gasteiger partial charge in [-0.25, -0.2) is 0 Å². The highest BCUT2D eigenvalue weighted by Crippen LogP contribution is 2.45. The third-order valence-corrected chi connectivity index (χ3v) is 5.67. The zero-order chi connectivity index (χ0) is 14.4. The Balaban J connectivity index is 1.66. The molecule has 2 aliphatic heterocycles. The fourth-order valence-corrected chi connectivity index (χ4v) is 4.70. The van der Waals surface area contributed by atoms with Gasteiger partial charge in [0.05, 0.1) is 4.47 Å². The van der Waals surface area contributed by atoms with Crippen LogP contribution in [-0.2, 0) is 0 Å². The third kappa shape index (κ3) is 2.35. The van der Waals surface area contributed by atoms with Crippen LogP contribution < -0.4 is 15.2 Å². The number of fused-ring (bicyclic) bond motifs is 3. The normalized spacial score (nSPS) is 28.9. The number of hydrogen-bond donors (Lipinski definition) is 1. The molecule has 2 N–H and O–H groups in total. The van der Waals surface area contributed by atoms with Crippen molar-refractivity contribution < 1.29 is 9.47 Å². The van der Waals surface area contributed by atoms with Crippen molar-refractivity contribution in [1.29, 1.82) is 0 Å². The largest absolute Gasteiger partial charge is 0.486 e. The molecule has 0 amide bonds. The molecule has 0 aromatic heterocycles. The Morgan fingerprint density at radius 1 is 1.29 bits per heavy atom. The summed E-state index contributed by atoms with van der Waals surface area (Å²) in [5.41, 5.74) is 7.35. The SMILES string of the molecule is NCC(c1cc(Br)c2c(c1)OCCO2)N1CC2CCC1C2. The van der Waals surface area contributed by atoms with Crippen molar-refractivity contribution in [2.24, 2.45) is 11.7 Å². The van der Waals surface area contributed by atoms with E-state index in [0.29, 0.717) is 19.8 Å². The number of likely N-dealkylation sites (tertiary alicyclic amines) is 1. The van der Waals surface area contributed by atoms with E-state index in [9.17, 15) is 0 Å². The molecule has 1 aromatic carbocycles. The van der Waals surface area contributed by atoms with Crippen molar-refractivity contribution in [2.45, 2.75) is 31.3 Å². The van der Waals surface area contributed by atoms with Gasteiger partial charge in [-0.1, -0.05) is 0 Å². The van der Waals surface area contributed by atoms with Gasteiger partial charge in [0.1, 0.15) is 13.2 Å². The molecule has 2 fully saturated rings. The fraction of sp³-hybridized carbons (Fsp3) is 0.625. The van der Waals surface area contributed by atoms with Crippen LogP contribution in [0.25, 0.3) is 0 Å². The summed E-state index contributed by atoms with van der Waals surface area (Å²) in [6.07, 6.45) is 4.07. The topological polar surface area (TPSA) is 47.7 Å². The van der Waals surface area contributed by atoms with E-state index >= 15 is 0 Å². The number of hydrogen-bond acceptors (Lipinski definition) is 4. The summed E-state index contributed by atoms with van der Waals surface area (Å²) >= 11 is 3.62.